The lowest BCUT2D eigenvalue weighted by Crippen LogP contribution is -2.33. The molecule has 0 unspecified atom stereocenters. The molecule has 0 bridgehead atoms. The number of benzene rings is 1. The lowest BCUT2D eigenvalue weighted by atomic mass is 10.3. The Bertz CT molecular complexity index is 1310. The zero-order valence-electron chi connectivity index (χ0n) is 18.5. The number of para-hydroxylation sites is 1. The number of nitrogens with zero attached hydrogens (tertiary/aromatic N) is 2. The summed E-state index contributed by atoms with van der Waals surface area (Å²) < 4.78 is 10.8. The largest absolute Gasteiger partial charge is 0.465 e. The summed E-state index contributed by atoms with van der Waals surface area (Å²) in [6.45, 7) is 2.26. The SMILES string of the molecule is CCN1C(=C2SC(C(=O)OC)=C(C(=O)OC)S2)/C(=N/C(=O)Nc2ccccc2)Sc2ssc(=O)c21. The summed E-state index contributed by atoms with van der Waals surface area (Å²) in [5.74, 6) is -1.37. The first-order valence-corrected chi connectivity index (χ1v) is 14.5. The number of urea groups is 1. The van der Waals surface area contributed by atoms with Crippen LogP contribution in [0, 0.1) is 0 Å². The molecule has 0 aliphatic carbocycles. The van der Waals surface area contributed by atoms with Crippen molar-refractivity contribution in [3.63, 3.8) is 0 Å². The maximum atomic E-state index is 12.8. The summed E-state index contributed by atoms with van der Waals surface area (Å²) in [6, 6.07) is 8.30. The highest BCUT2D eigenvalue weighted by Crippen LogP contribution is 2.55. The van der Waals surface area contributed by atoms with E-state index in [1.807, 2.05) is 13.0 Å². The van der Waals surface area contributed by atoms with Gasteiger partial charge in [0, 0.05) is 12.2 Å². The molecule has 35 heavy (non-hydrogen) atoms. The minimum absolute atomic E-state index is 0.0715. The van der Waals surface area contributed by atoms with Gasteiger partial charge in [-0.1, -0.05) is 63.8 Å². The van der Waals surface area contributed by atoms with E-state index >= 15 is 0 Å². The molecule has 9 nitrogen and oxygen atoms in total. The molecule has 14 heteroatoms. The Balaban J connectivity index is 1.82. The summed E-state index contributed by atoms with van der Waals surface area (Å²) in [5, 5.41) is 3.07. The van der Waals surface area contributed by atoms with Crippen molar-refractivity contribution in [3.05, 3.63) is 59.6 Å². The molecule has 1 aromatic heterocycles. The molecule has 182 valence electrons. The predicted octanol–water partition coefficient (Wildman–Crippen LogP) is 4.94. The molecule has 0 saturated carbocycles. The first-order valence-electron chi connectivity index (χ1n) is 9.92. The number of thioether (sulfide) groups is 3. The van der Waals surface area contributed by atoms with E-state index in [-0.39, 0.29) is 14.6 Å². The first-order chi connectivity index (χ1) is 16.9. The van der Waals surface area contributed by atoms with Crippen molar-refractivity contribution >= 4 is 90.4 Å². The number of carbonyl (C=O) groups excluding carboxylic acids is 3. The van der Waals surface area contributed by atoms with Crippen LogP contribution >= 0.6 is 56.0 Å². The van der Waals surface area contributed by atoms with Gasteiger partial charge in [-0.3, -0.25) is 4.79 Å². The molecule has 0 saturated heterocycles. The molecule has 2 amide bonds. The molecule has 1 N–H and O–H groups in total. The van der Waals surface area contributed by atoms with Crippen LogP contribution in [0.1, 0.15) is 6.92 Å². The third kappa shape index (κ3) is 5.21. The summed E-state index contributed by atoms with van der Waals surface area (Å²) in [7, 11) is 4.85. The van der Waals surface area contributed by atoms with Crippen LogP contribution in [-0.4, -0.2) is 43.8 Å². The molecule has 0 fully saturated rings. The van der Waals surface area contributed by atoms with E-state index in [0.29, 0.717) is 32.9 Å². The molecule has 1 aromatic carbocycles. The average molecular weight is 568 g/mol. The predicted molar refractivity (Wildman–Crippen MR) is 144 cm³/mol. The molecule has 2 aliphatic rings. The molecule has 0 atom stereocenters. The van der Waals surface area contributed by atoms with Crippen molar-refractivity contribution in [1.29, 1.82) is 0 Å². The topological polar surface area (TPSA) is 114 Å². The van der Waals surface area contributed by atoms with Gasteiger partial charge in [-0.25, -0.2) is 14.4 Å². The highest BCUT2D eigenvalue weighted by Gasteiger charge is 2.39. The zero-order valence-corrected chi connectivity index (χ0v) is 22.6. The van der Waals surface area contributed by atoms with Crippen LogP contribution in [0.15, 0.2) is 64.1 Å². The van der Waals surface area contributed by atoms with Crippen molar-refractivity contribution in [2.45, 2.75) is 11.1 Å². The van der Waals surface area contributed by atoms with E-state index in [1.165, 1.54) is 36.3 Å². The number of methoxy groups -OCH3 is 2. The van der Waals surface area contributed by atoms with Crippen molar-refractivity contribution in [1.82, 2.24) is 0 Å². The molecular formula is C21H17N3O6S5. The first kappa shape index (κ1) is 25.6. The number of esters is 2. The number of hydrogen-bond acceptors (Lipinski definition) is 12. The van der Waals surface area contributed by atoms with Gasteiger partial charge >= 0.3 is 18.0 Å². The lowest BCUT2D eigenvalue weighted by Gasteiger charge is -2.31. The van der Waals surface area contributed by atoms with Crippen molar-refractivity contribution in [2.24, 2.45) is 4.99 Å². The number of aliphatic imine (C=N–C) groups is 1. The molecule has 2 aliphatic heterocycles. The molecule has 3 heterocycles. The second-order valence-corrected chi connectivity index (χ2v) is 12.3. The Kier molecular flexibility index (Phi) is 8.06. The van der Waals surface area contributed by atoms with E-state index in [1.54, 1.807) is 29.2 Å². The summed E-state index contributed by atoms with van der Waals surface area (Å²) in [5.41, 5.74) is 1.54. The van der Waals surface area contributed by atoms with Gasteiger partial charge in [0.15, 0.2) is 0 Å². The van der Waals surface area contributed by atoms with Crippen LogP contribution in [-0.2, 0) is 19.1 Å². The van der Waals surface area contributed by atoms with E-state index in [2.05, 4.69) is 10.3 Å². The maximum Gasteiger partial charge on any atom is 0.346 e. The Hall–Kier alpha value is -2.52. The second-order valence-electron chi connectivity index (χ2n) is 6.63. The van der Waals surface area contributed by atoms with Gasteiger partial charge in [0.2, 0.25) is 0 Å². The van der Waals surface area contributed by atoms with Gasteiger partial charge in [0.05, 0.1) is 24.2 Å². The second kappa shape index (κ2) is 11.0. The Morgan fingerprint density at radius 2 is 1.60 bits per heavy atom. The van der Waals surface area contributed by atoms with Crippen molar-refractivity contribution in [2.75, 3.05) is 31.0 Å². The maximum absolute atomic E-state index is 12.8. The smallest absolute Gasteiger partial charge is 0.346 e. The monoisotopic (exact) mass is 567 g/mol. The number of ether oxygens (including phenoxy) is 2. The lowest BCUT2D eigenvalue weighted by molar-refractivity contribution is -0.138. The van der Waals surface area contributed by atoms with E-state index in [0.717, 1.165) is 38.1 Å². The number of anilines is 2. The van der Waals surface area contributed by atoms with Gasteiger partial charge < -0.3 is 19.7 Å². The molecule has 2 aromatic rings. The third-order valence-corrected chi connectivity index (χ3v) is 10.8. The van der Waals surface area contributed by atoms with E-state index < -0.39 is 18.0 Å². The number of fused-ring (bicyclic) bond motifs is 1. The standard InChI is InChI=1S/C21H17N3O6S5/c1-4-24-11(19-31-13(16(25)29-2)14(32-19)17(26)30-3)15(33-20-12(24)18(27)34-35-20)23-21(28)22-10-8-6-5-7-9-10/h5-9H,4H2,1-3H3,(H,22,28)/b23-15-. The molecule has 0 radical (unpaired) electrons. The van der Waals surface area contributed by atoms with Crippen LogP contribution in [0.3, 0.4) is 0 Å². The molecule has 4 rings (SSSR count). The van der Waals surface area contributed by atoms with Gasteiger partial charge in [-0.15, -0.1) is 0 Å². The highest BCUT2D eigenvalue weighted by molar-refractivity contribution is 8.29. The average Bonchev–Trinajstić information content (AvgIpc) is 3.46. The van der Waals surface area contributed by atoms with Gasteiger partial charge in [0.1, 0.15) is 24.8 Å². The fourth-order valence-electron chi connectivity index (χ4n) is 3.09. The minimum Gasteiger partial charge on any atom is -0.465 e. The zero-order chi connectivity index (χ0) is 25.1. The fourth-order valence-corrected chi connectivity index (χ4v) is 9.48. The minimum atomic E-state index is -0.687. The van der Waals surface area contributed by atoms with E-state index in [9.17, 15) is 19.2 Å². The quantitative estimate of drug-likeness (QED) is 0.402. The Morgan fingerprint density at radius 3 is 2.17 bits per heavy atom. The summed E-state index contributed by atoms with van der Waals surface area (Å²) in [4.78, 5) is 56.5. The highest BCUT2D eigenvalue weighted by atomic mass is 32.9. The summed E-state index contributed by atoms with van der Waals surface area (Å²) >= 11 is 3.25. The summed E-state index contributed by atoms with van der Waals surface area (Å²) in [6.07, 6.45) is 0. The normalized spacial score (nSPS) is 16.4. The van der Waals surface area contributed by atoms with Gasteiger partial charge in [-0.2, -0.15) is 4.99 Å². The Labute approximate surface area is 220 Å². The van der Waals surface area contributed by atoms with Crippen LogP contribution in [0.2, 0.25) is 0 Å². The van der Waals surface area contributed by atoms with Crippen molar-refractivity contribution in [3.8, 4) is 0 Å². The third-order valence-electron chi connectivity index (χ3n) is 4.59. The fraction of sp³-hybridized carbons (Fsp3) is 0.190. The van der Waals surface area contributed by atoms with Crippen molar-refractivity contribution < 1.29 is 23.9 Å². The number of carbonyl (C=O) groups is 3. The van der Waals surface area contributed by atoms with E-state index in [4.69, 9.17) is 9.47 Å². The number of amides is 2. The van der Waals surface area contributed by atoms with Crippen LogP contribution < -0.4 is 15.0 Å². The number of rotatable bonds is 4. The number of nitrogens with one attached hydrogen (secondary N) is 1. The van der Waals surface area contributed by atoms with Crippen LogP contribution in [0.5, 0.6) is 0 Å². The molecule has 0 spiro atoms. The molecular weight excluding hydrogens is 551 g/mol. The van der Waals surface area contributed by atoms with Crippen LogP contribution in [0.25, 0.3) is 0 Å². The number of hydrogen-bond donors (Lipinski definition) is 1. The van der Waals surface area contributed by atoms with Gasteiger partial charge in [-0.05, 0) is 29.4 Å². The Morgan fingerprint density at radius 1 is 0.971 bits per heavy atom. The van der Waals surface area contributed by atoms with Gasteiger partial charge in [0.25, 0.3) is 4.74 Å². The van der Waals surface area contributed by atoms with Crippen LogP contribution in [0.4, 0.5) is 16.2 Å².